The van der Waals surface area contributed by atoms with Crippen molar-refractivity contribution in [2.24, 2.45) is 5.92 Å². The minimum atomic E-state index is -3.41. The fourth-order valence-corrected chi connectivity index (χ4v) is 6.21. The maximum Gasteiger partial charge on any atom is 0.243 e. The molecule has 0 saturated carbocycles. The number of nitrogens with zero attached hydrogens (tertiary/aromatic N) is 2. The molecule has 0 radical (unpaired) electrons. The number of piperidine rings is 1. The van der Waals surface area contributed by atoms with Crippen LogP contribution in [0.3, 0.4) is 0 Å². The molecule has 0 aromatic heterocycles. The minimum Gasteiger partial charge on any atom is -0.497 e. The van der Waals surface area contributed by atoms with Crippen molar-refractivity contribution < 1.29 is 13.2 Å². The molecule has 1 fully saturated rings. The normalized spacial score (nSPS) is 20.3. The lowest BCUT2D eigenvalue weighted by Crippen LogP contribution is -2.44. The summed E-state index contributed by atoms with van der Waals surface area (Å²) in [4.78, 5) is 2.89. The highest BCUT2D eigenvalue weighted by Gasteiger charge is 2.31. The first kappa shape index (κ1) is 23.1. The molecular formula is C23H31ClN2O3S. The van der Waals surface area contributed by atoms with Crippen LogP contribution < -0.4 is 4.74 Å². The van der Waals surface area contributed by atoms with Gasteiger partial charge < -0.3 is 4.74 Å². The van der Waals surface area contributed by atoms with E-state index in [1.807, 2.05) is 25.1 Å². The first-order valence-corrected chi connectivity index (χ1v) is 11.8. The van der Waals surface area contributed by atoms with Gasteiger partial charge in [0.15, 0.2) is 0 Å². The zero-order valence-electron chi connectivity index (χ0n) is 17.7. The molecule has 2 aliphatic rings. The van der Waals surface area contributed by atoms with Gasteiger partial charge in [-0.1, -0.05) is 18.2 Å². The molecule has 164 valence electrons. The lowest BCUT2D eigenvalue weighted by atomic mass is 9.95. The van der Waals surface area contributed by atoms with E-state index < -0.39 is 10.0 Å². The molecule has 0 spiro atoms. The summed E-state index contributed by atoms with van der Waals surface area (Å²) in [5, 5.41) is 0. The van der Waals surface area contributed by atoms with Crippen LogP contribution in [0.15, 0.2) is 47.4 Å². The number of fused-ring (bicyclic) bond motifs is 1. The molecule has 5 nitrogen and oxygen atoms in total. The summed E-state index contributed by atoms with van der Waals surface area (Å²) in [6.45, 7) is 6.06. The van der Waals surface area contributed by atoms with E-state index in [1.54, 1.807) is 23.5 Å². The van der Waals surface area contributed by atoms with Gasteiger partial charge in [0.25, 0.3) is 0 Å². The molecule has 1 saturated heterocycles. The van der Waals surface area contributed by atoms with Gasteiger partial charge in [-0.2, -0.15) is 4.31 Å². The standard InChI is InChI=1S/C23H30N2O3S.ClH/c1-18-5-3-7-23(13-18)29(26,27)25-11-4-6-19(16-25)15-24-12-10-20-14-22(28-2)9-8-21(20)17-24;/h3,5,7-9,13-14,19H,4,6,10-12,15-17H2,1-2H3;1H. The third-order valence-corrected chi connectivity index (χ3v) is 7.99. The van der Waals surface area contributed by atoms with Gasteiger partial charge in [-0.05, 0) is 73.1 Å². The highest BCUT2D eigenvalue weighted by molar-refractivity contribution is 7.89. The second-order valence-corrected chi connectivity index (χ2v) is 10.2. The second kappa shape index (κ2) is 9.69. The van der Waals surface area contributed by atoms with E-state index in [0.29, 0.717) is 23.9 Å². The summed E-state index contributed by atoms with van der Waals surface area (Å²) in [5.74, 6) is 1.30. The predicted molar refractivity (Wildman–Crippen MR) is 122 cm³/mol. The highest BCUT2D eigenvalue weighted by Crippen LogP contribution is 2.28. The molecule has 7 heteroatoms. The van der Waals surface area contributed by atoms with Gasteiger partial charge in [-0.3, -0.25) is 4.90 Å². The zero-order valence-corrected chi connectivity index (χ0v) is 19.3. The lowest BCUT2D eigenvalue weighted by molar-refractivity contribution is 0.167. The Kier molecular flexibility index (Phi) is 7.45. The second-order valence-electron chi connectivity index (χ2n) is 8.31. The SMILES string of the molecule is COc1ccc2c(c1)CCN(CC1CCCN(S(=O)(=O)c3cccc(C)c3)C1)C2.Cl. The number of hydrogen-bond donors (Lipinski definition) is 0. The zero-order chi connectivity index (χ0) is 20.4. The molecule has 1 unspecified atom stereocenters. The molecule has 30 heavy (non-hydrogen) atoms. The molecule has 2 heterocycles. The van der Waals surface area contributed by atoms with E-state index >= 15 is 0 Å². The van der Waals surface area contributed by atoms with E-state index in [0.717, 1.165) is 50.2 Å². The summed E-state index contributed by atoms with van der Waals surface area (Å²) < 4.78 is 33.2. The molecule has 0 aliphatic carbocycles. The van der Waals surface area contributed by atoms with Crippen LogP contribution in [0.25, 0.3) is 0 Å². The maximum absolute atomic E-state index is 13.1. The minimum absolute atomic E-state index is 0. The fraction of sp³-hybridized carbons (Fsp3) is 0.478. The smallest absolute Gasteiger partial charge is 0.243 e. The maximum atomic E-state index is 13.1. The molecule has 2 aromatic rings. The quantitative estimate of drug-likeness (QED) is 0.693. The Morgan fingerprint density at radius 1 is 1.10 bits per heavy atom. The molecule has 2 aromatic carbocycles. The molecule has 1 atom stereocenters. The number of aryl methyl sites for hydroxylation is 1. The van der Waals surface area contributed by atoms with Crippen LogP contribution in [0.5, 0.6) is 5.75 Å². The first-order valence-electron chi connectivity index (χ1n) is 10.4. The van der Waals surface area contributed by atoms with Crippen molar-refractivity contribution in [2.75, 3.05) is 33.3 Å². The van der Waals surface area contributed by atoms with Gasteiger partial charge in [0, 0.05) is 32.7 Å². The Hall–Kier alpha value is -1.60. The topological polar surface area (TPSA) is 49.9 Å². The van der Waals surface area contributed by atoms with Gasteiger partial charge in [0.1, 0.15) is 5.75 Å². The van der Waals surface area contributed by atoms with Crippen LogP contribution in [0.4, 0.5) is 0 Å². The van der Waals surface area contributed by atoms with Gasteiger partial charge in [-0.25, -0.2) is 8.42 Å². The summed E-state index contributed by atoms with van der Waals surface area (Å²) in [6, 6.07) is 13.6. The Morgan fingerprint density at radius 2 is 1.93 bits per heavy atom. The Bertz CT molecular complexity index is 980. The van der Waals surface area contributed by atoms with Gasteiger partial charge in [0.05, 0.1) is 12.0 Å². The van der Waals surface area contributed by atoms with Crippen molar-refractivity contribution in [3.05, 3.63) is 59.2 Å². The number of sulfonamides is 1. The average molecular weight is 451 g/mol. The number of ether oxygens (including phenoxy) is 1. The summed E-state index contributed by atoms with van der Waals surface area (Å²) in [5.41, 5.74) is 3.70. The van der Waals surface area contributed by atoms with Crippen LogP contribution in [-0.2, 0) is 23.0 Å². The Morgan fingerprint density at radius 3 is 2.70 bits per heavy atom. The third-order valence-electron chi connectivity index (χ3n) is 6.13. The summed E-state index contributed by atoms with van der Waals surface area (Å²) in [6.07, 6.45) is 3.04. The van der Waals surface area contributed by atoms with E-state index in [-0.39, 0.29) is 12.4 Å². The van der Waals surface area contributed by atoms with Gasteiger partial charge in [-0.15, -0.1) is 12.4 Å². The molecule has 0 amide bonds. The van der Waals surface area contributed by atoms with E-state index in [2.05, 4.69) is 17.0 Å². The van der Waals surface area contributed by atoms with Crippen LogP contribution in [0.2, 0.25) is 0 Å². The van der Waals surface area contributed by atoms with Crippen LogP contribution in [-0.4, -0.2) is 50.9 Å². The number of benzene rings is 2. The average Bonchev–Trinajstić information content (AvgIpc) is 2.73. The predicted octanol–water partition coefficient (Wildman–Crippen LogP) is 3.88. The van der Waals surface area contributed by atoms with E-state index in [4.69, 9.17) is 4.74 Å². The first-order chi connectivity index (χ1) is 14.0. The largest absolute Gasteiger partial charge is 0.497 e. The lowest BCUT2D eigenvalue weighted by Gasteiger charge is -2.36. The van der Waals surface area contributed by atoms with Crippen molar-refractivity contribution in [2.45, 2.75) is 37.6 Å². The molecule has 4 rings (SSSR count). The molecule has 0 N–H and O–H groups in total. The van der Waals surface area contributed by atoms with Crippen molar-refractivity contribution >= 4 is 22.4 Å². The van der Waals surface area contributed by atoms with Crippen LogP contribution in [0.1, 0.15) is 29.5 Å². The number of methoxy groups -OCH3 is 1. The van der Waals surface area contributed by atoms with E-state index in [9.17, 15) is 8.42 Å². The van der Waals surface area contributed by atoms with Crippen LogP contribution in [0, 0.1) is 12.8 Å². The van der Waals surface area contributed by atoms with Crippen molar-refractivity contribution in [1.29, 1.82) is 0 Å². The summed E-state index contributed by atoms with van der Waals surface area (Å²) >= 11 is 0. The van der Waals surface area contributed by atoms with Gasteiger partial charge in [0.2, 0.25) is 10.0 Å². The molecule has 0 bridgehead atoms. The number of rotatable bonds is 5. The van der Waals surface area contributed by atoms with Crippen molar-refractivity contribution in [3.8, 4) is 5.75 Å². The number of halogens is 1. The Labute approximate surface area is 186 Å². The van der Waals surface area contributed by atoms with Gasteiger partial charge >= 0.3 is 0 Å². The summed E-state index contributed by atoms with van der Waals surface area (Å²) in [7, 11) is -1.71. The Balaban J connectivity index is 0.00000256. The molecule has 2 aliphatic heterocycles. The highest BCUT2D eigenvalue weighted by atomic mass is 35.5. The third kappa shape index (κ3) is 4.99. The van der Waals surface area contributed by atoms with E-state index in [1.165, 1.54) is 11.1 Å². The number of hydrogen-bond acceptors (Lipinski definition) is 4. The monoisotopic (exact) mass is 450 g/mol. The fourth-order valence-electron chi connectivity index (χ4n) is 4.55. The van der Waals surface area contributed by atoms with Crippen molar-refractivity contribution in [3.63, 3.8) is 0 Å². The molecular weight excluding hydrogens is 420 g/mol. The van der Waals surface area contributed by atoms with Crippen molar-refractivity contribution in [1.82, 2.24) is 9.21 Å². The van der Waals surface area contributed by atoms with Crippen LogP contribution >= 0.6 is 12.4 Å².